The van der Waals surface area contributed by atoms with E-state index in [9.17, 15) is 9.59 Å². The number of rotatable bonds is 14. The number of nitrogens with one attached hydrogen (secondary N) is 2. The van der Waals surface area contributed by atoms with Crippen molar-refractivity contribution in [1.29, 1.82) is 0 Å². The van der Waals surface area contributed by atoms with Gasteiger partial charge < -0.3 is 48.5 Å². The summed E-state index contributed by atoms with van der Waals surface area (Å²) in [6.45, 7) is 35.2. The molecule has 0 bridgehead atoms. The smallest absolute Gasteiger partial charge is 0.488 e. The van der Waals surface area contributed by atoms with E-state index in [0.29, 0.717) is 31.8 Å². The molecule has 4 rings (SSSR count). The average molecular weight is 1040 g/mol. The minimum atomic E-state index is -1.82. The minimum absolute atomic E-state index is 0.174. The fraction of sp³-hybridized carbons (Fsp3) is 0.500. The van der Waals surface area contributed by atoms with Crippen LogP contribution in [-0.4, -0.2) is 71.4 Å². The van der Waals surface area contributed by atoms with Gasteiger partial charge in [-0.3, -0.25) is 0 Å². The van der Waals surface area contributed by atoms with Crippen molar-refractivity contribution >= 4 is 57.3 Å². The molecule has 2 amide bonds. The van der Waals surface area contributed by atoms with Gasteiger partial charge in [-0.15, -0.1) is 0 Å². The molecule has 0 aliphatic heterocycles. The number of benzene rings is 4. The SMILES string of the molecule is CC(C)(C)[Si](C)(C)OCc1cccc(B(O)O)c1.COc1cc(Br)cc(CNC(=O)OC(C)(C)C)c1.COc1cc(CNC(=O)OC(C)(C)C)cc(-c2cccc(CO[Si](C)(C)C(C)(C)C)c2)c1. The number of ether oxygens (including phenoxy) is 4. The normalized spacial score (nSPS) is 12.1. The van der Waals surface area contributed by atoms with Gasteiger partial charge in [0.25, 0.3) is 0 Å². The van der Waals surface area contributed by atoms with Gasteiger partial charge >= 0.3 is 19.3 Å². The van der Waals surface area contributed by atoms with E-state index in [4.69, 9.17) is 37.8 Å². The number of amides is 2. The molecule has 4 aromatic carbocycles. The number of halogens is 1. The zero-order valence-corrected chi connectivity index (χ0v) is 47.6. The first-order chi connectivity index (χ1) is 31.1. The summed E-state index contributed by atoms with van der Waals surface area (Å²) in [5.41, 5.74) is 5.59. The highest BCUT2D eigenvalue weighted by atomic mass is 79.9. The Morgan fingerprint density at radius 2 is 0.971 bits per heavy atom. The number of carbonyl (C=O) groups excluding carboxylic acids is 2. The minimum Gasteiger partial charge on any atom is -0.497 e. The molecule has 0 fully saturated rings. The first-order valence-corrected chi connectivity index (χ1v) is 29.5. The van der Waals surface area contributed by atoms with E-state index in [2.05, 4.69) is 125 Å². The second-order valence-corrected chi connectivity index (χ2v) is 32.2. The van der Waals surface area contributed by atoms with Crippen molar-refractivity contribution in [1.82, 2.24) is 10.6 Å². The number of alkyl carbamates (subject to hydrolysis) is 2. The van der Waals surface area contributed by atoms with Crippen LogP contribution < -0.4 is 25.6 Å². The predicted molar refractivity (Wildman–Crippen MR) is 286 cm³/mol. The highest BCUT2D eigenvalue weighted by Crippen LogP contribution is 2.38. The summed E-state index contributed by atoms with van der Waals surface area (Å²) in [6.07, 6.45) is -0.868. The topological polar surface area (TPSA) is 154 Å². The van der Waals surface area contributed by atoms with Crippen LogP contribution in [-0.2, 0) is 44.6 Å². The number of methoxy groups -OCH3 is 2. The molecule has 0 aromatic heterocycles. The van der Waals surface area contributed by atoms with Crippen molar-refractivity contribution < 1.29 is 47.4 Å². The molecule has 376 valence electrons. The number of hydrogen-bond donors (Lipinski definition) is 4. The summed E-state index contributed by atoms with van der Waals surface area (Å²) in [5, 5.41) is 24.1. The molecule has 12 nitrogen and oxygen atoms in total. The van der Waals surface area contributed by atoms with Crippen LogP contribution in [0.4, 0.5) is 9.59 Å². The third kappa shape index (κ3) is 22.1. The molecule has 0 atom stereocenters. The van der Waals surface area contributed by atoms with Crippen LogP contribution in [0.15, 0.2) is 89.4 Å². The van der Waals surface area contributed by atoms with Gasteiger partial charge in [0.05, 0.1) is 27.4 Å². The summed E-state index contributed by atoms with van der Waals surface area (Å²) in [4.78, 5) is 23.5. The molecule has 0 saturated heterocycles. The van der Waals surface area contributed by atoms with E-state index in [0.717, 1.165) is 49.4 Å². The van der Waals surface area contributed by atoms with E-state index in [1.165, 1.54) is 0 Å². The van der Waals surface area contributed by atoms with Crippen LogP contribution in [0, 0.1) is 0 Å². The standard InChI is InChI=1S/C26H39NO4Si.C13H23BO3Si.C13H18BrNO3/c1-25(2,3)31-24(28)27-17-20-14-22(16-23(15-20)29-7)21-12-10-11-19(13-21)18-30-32(8,9)26(4,5)6;1-13(2,3)18(4,5)17-10-11-7-6-8-12(9-11)14(15)16;1-13(2,3)18-12(16)15-8-9-5-10(14)7-11(6-9)17-4/h10-16H,17-18H2,1-9H3,(H,27,28);6-9,15-16H,10H2,1-5H3;5-7H,8H2,1-4H3,(H,15,16). The summed E-state index contributed by atoms with van der Waals surface area (Å²) < 4.78 is 34.5. The van der Waals surface area contributed by atoms with Gasteiger partial charge in [-0.1, -0.05) is 99.9 Å². The first-order valence-electron chi connectivity index (χ1n) is 22.9. The van der Waals surface area contributed by atoms with Crippen LogP contribution in [0.1, 0.15) is 105 Å². The van der Waals surface area contributed by atoms with Crippen molar-refractivity contribution in [2.75, 3.05) is 14.2 Å². The largest absolute Gasteiger partial charge is 0.497 e. The third-order valence-electron chi connectivity index (χ3n) is 11.4. The Bertz CT molecular complexity index is 2230. The highest BCUT2D eigenvalue weighted by molar-refractivity contribution is 9.10. The fourth-order valence-corrected chi connectivity index (χ4v) is 7.95. The third-order valence-corrected chi connectivity index (χ3v) is 20.8. The van der Waals surface area contributed by atoms with Crippen molar-refractivity contribution in [2.45, 2.75) is 157 Å². The van der Waals surface area contributed by atoms with Gasteiger partial charge in [0.2, 0.25) is 0 Å². The van der Waals surface area contributed by atoms with E-state index in [1.807, 2.05) is 84.0 Å². The molecule has 0 aliphatic rings. The first kappa shape index (κ1) is 60.0. The number of hydrogen-bond acceptors (Lipinski definition) is 10. The fourth-order valence-electron chi connectivity index (χ4n) is 5.51. The van der Waals surface area contributed by atoms with Gasteiger partial charge in [0, 0.05) is 17.6 Å². The van der Waals surface area contributed by atoms with Crippen LogP contribution in [0.2, 0.25) is 36.3 Å². The van der Waals surface area contributed by atoms with Crippen LogP contribution in [0.25, 0.3) is 11.1 Å². The highest BCUT2D eigenvalue weighted by Gasteiger charge is 2.38. The Kier molecular flexibility index (Phi) is 22.6. The van der Waals surface area contributed by atoms with Gasteiger partial charge in [0.15, 0.2) is 16.6 Å². The Morgan fingerprint density at radius 3 is 1.40 bits per heavy atom. The lowest BCUT2D eigenvalue weighted by atomic mass is 9.80. The van der Waals surface area contributed by atoms with Gasteiger partial charge in [-0.05, 0) is 159 Å². The Balaban J connectivity index is 0.000000376. The Morgan fingerprint density at radius 1 is 0.559 bits per heavy atom. The van der Waals surface area contributed by atoms with Crippen molar-refractivity contribution in [3.63, 3.8) is 0 Å². The van der Waals surface area contributed by atoms with Crippen LogP contribution >= 0.6 is 15.9 Å². The van der Waals surface area contributed by atoms with Gasteiger partial charge in [-0.25, -0.2) is 9.59 Å². The molecule has 68 heavy (non-hydrogen) atoms. The maximum atomic E-state index is 12.0. The lowest BCUT2D eigenvalue weighted by molar-refractivity contribution is 0.0512. The zero-order valence-electron chi connectivity index (χ0n) is 44.0. The second-order valence-electron chi connectivity index (χ2n) is 21.7. The summed E-state index contributed by atoms with van der Waals surface area (Å²) >= 11 is 3.39. The molecule has 16 heteroatoms. The van der Waals surface area contributed by atoms with Crippen molar-refractivity contribution in [2.24, 2.45) is 0 Å². The Hall–Kier alpha value is -4.16. The van der Waals surface area contributed by atoms with Crippen LogP contribution in [0.5, 0.6) is 11.5 Å². The van der Waals surface area contributed by atoms with E-state index in [1.54, 1.807) is 26.4 Å². The second kappa shape index (κ2) is 25.6. The molecule has 0 saturated carbocycles. The predicted octanol–water partition coefficient (Wildman–Crippen LogP) is 12.3. The van der Waals surface area contributed by atoms with Crippen molar-refractivity contribution in [3.8, 4) is 22.6 Å². The summed E-state index contributed by atoms with van der Waals surface area (Å²) in [5.74, 6) is 1.48. The van der Waals surface area contributed by atoms with E-state index in [-0.39, 0.29) is 10.1 Å². The molecule has 0 spiro atoms. The molecular formula is C52H80BBrN2O10Si2. The maximum Gasteiger partial charge on any atom is 0.488 e. The molecule has 0 heterocycles. The molecule has 0 unspecified atom stereocenters. The Labute approximate surface area is 418 Å². The van der Waals surface area contributed by atoms with E-state index >= 15 is 0 Å². The molecular weight excluding hydrogens is 959 g/mol. The summed E-state index contributed by atoms with van der Waals surface area (Å²) in [7, 11) is -1.74. The number of carbonyl (C=O) groups is 2. The van der Waals surface area contributed by atoms with Gasteiger partial charge in [0.1, 0.15) is 22.7 Å². The zero-order chi connectivity index (χ0) is 51.9. The molecule has 4 N–H and O–H groups in total. The molecule has 4 aromatic rings. The maximum absolute atomic E-state index is 12.0. The molecule has 0 aliphatic carbocycles. The quantitative estimate of drug-likeness (QED) is 0.0898. The summed E-state index contributed by atoms with van der Waals surface area (Å²) in [6, 6.07) is 27.3. The van der Waals surface area contributed by atoms with Crippen LogP contribution in [0.3, 0.4) is 0 Å². The van der Waals surface area contributed by atoms with E-state index < -0.39 is 47.1 Å². The average Bonchev–Trinajstić information content (AvgIpc) is 3.22. The van der Waals surface area contributed by atoms with Gasteiger partial charge in [-0.2, -0.15) is 0 Å². The monoisotopic (exact) mass is 1040 g/mol. The lowest BCUT2D eigenvalue weighted by Gasteiger charge is -2.36. The molecule has 0 radical (unpaired) electrons. The van der Waals surface area contributed by atoms with Crippen molar-refractivity contribution in [3.05, 3.63) is 112 Å². The lowest BCUT2D eigenvalue weighted by Crippen LogP contribution is -2.40.